The maximum atomic E-state index is 11.8. The molecule has 0 saturated carbocycles. The molecule has 0 spiro atoms. The van der Waals surface area contributed by atoms with Gasteiger partial charge >= 0.3 is 0 Å². The summed E-state index contributed by atoms with van der Waals surface area (Å²) >= 11 is 0. The highest BCUT2D eigenvalue weighted by Gasteiger charge is 2.29. The highest BCUT2D eigenvalue weighted by Crippen LogP contribution is 2.21. The predicted molar refractivity (Wildman–Crippen MR) is 88.9 cm³/mol. The standard InChI is InChI=1S/C17H30N4O2/c1-5-7-8-15-19-17(23-20-15)13(4)18-14-9-10-21(11-12(14)3)16(22)6-2/h12-14,18H,5-11H2,1-4H3/t12-,13+,14-/m1/s1. The Hall–Kier alpha value is -1.43. The van der Waals surface area contributed by atoms with Gasteiger partial charge in [0.1, 0.15) is 0 Å². The number of amides is 1. The Morgan fingerprint density at radius 3 is 2.91 bits per heavy atom. The van der Waals surface area contributed by atoms with E-state index < -0.39 is 0 Å². The molecule has 6 nitrogen and oxygen atoms in total. The van der Waals surface area contributed by atoms with Crippen LogP contribution in [-0.2, 0) is 11.2 Å². The lowest BCUT2D eigenvalue weighted by Crippen LogP contribution is -2.50. The van der Waals surface area contributed by atoms with E-state index >= 15 is 0 Å². The van der Waals surface area contributed by atoms with Crippen molar-refractivity contribution in [2.45, 2.75) is 71.9 Å². The summed E-state index contributed by atoms with van der Waals surface area (Å²) in [7, 11) is 0. The monoisotopic (exact) mass is 322 g/mol. The number of hydrogen-bond acceptors (Lipinski definition) is 5. The molecule has 130 valence electrons. The Balaban J connectivity index is 1.86. The van der Waals surface area contributed by atoms with E-state index in [1.807, 2.05) is 11.8 Å². The molecule has 1 saturated heterocycles. The SMILES string of the molecule is CCCCc1noc([C@H](C)N[C@@H]2CCN(C(=O)CC)C[C@H]2C)n1. The average Bonchev–Trinajstić information content (AvgIpc) is 3.03. The molecule has 1 fully saturated rings. The molecular weight excluding hydrogens is 292 g/mol. The zero-order chi connectivity index (χ0) is 16.8. The molecule has 0 unspecified atom stereocenters. The second kappa shape index (κ2) is 8.43. The highest BCUT2D eigenvalue weighted by molar-refractivity contribution is 5.75. The summed E-state index contributed by atoms with van der Waals surface area (Å²) in [5.74, 6) is 2.13. The van der Waals surface area contributed by atoms with Crippen LogP contribution in [0.1, 0.15) is 71.1 Å². The number of hydrogen-bond donors (Lipinski definition) is 1. The molecule has 1 aliphatic heterocycles. The predicted octanol–water partition coefficient (Wildman–Crippen LogP) is 2.71. The van der Waals surface area contributed by atoms with Crippen LogP contribution in [0.25, 0.3) is 0 Å². The van der Waals surface area contributed by atoms with Crippen molar-refractivity contribution in [3.63, 3.8) is 0 Å². The lowest BCUT2D eigenvalue weighted by Gasteiger charge is -2.38. The van der Waals surface area contributed by atoms with Gasteiger partial charge in [0, 0.05) is 32.0 Å². The van der Waals surface area contributed by atoms with Gasteiger partial charge in [0.05, 0.1) is 6.04 Å². The molecule has 23 heavy (non-hydrogen) atoms. The molecule has 3 atom stereocenters. The van der Waals surface area contributed by atoms with Gasteiger partial charge in [-0.25, -0.2) is 0 Å². The van der Waals surface area contributed by atoms with Crippen molar-refractivity contribution < 1.29 is 9.32 Å². The van der Waals surface area contributed by atoms with Crippen LogP contribution in [0.4, 0.5) is 0 Å². The van der Waals surface area contributed by atoms with E-state index in [1.165, 1.54) is 0 Å². The molecule has 2 heterocycles. The van der Waals surface area contributed by atoms with Crippen molar-refractivity contribution in [1.29, 1.82) is 0 Å². The van der Waals surface area contributed by atoms with Crippen molar-refractivity contribution in [2.75, 3.05) is 13.1 Å². The van der Waals surface area contributed by atoms with Crippen LogP contribution < -0.4 is 5.32 Å². The minimum absolute atomic E-state index is 0.0405. The Morgan fingerprint density at radius 1 is 1.48 bits per heavy atom. The fourth-order valence-corrected chi connectivity index (χ4v) is 3.12. The van der Waals surface area contributed by atoms with Gasteiger partial charge in [-0.2, -0.15) is 4.98 Å². The van der Waals surface area contributed by atoms with E-state index in [1.54, 1.807) is 0 Å². The largest absolute Gasteiger partial charge is 0.342 e. The third-order valence-corrected chi connectivity index (χ3v) is 4.63. The van der Waals surface area contributed by atoms with Crippen molar-refractivity contribution >= 4 is 5.91 Å². The Morgan fingerprint density at radius 2 is 2.26 bits per heavy atom. The first-order valence-electron chi connectivity index (χ1n) is 8.91. The lowest BCUT2D eigenvalue weighted by atomic mass is 9.93. The van der Waals surface area contributed by atoms with E-state index in [0.717, 1.165) is 44.6 Å². The van der Waals surface area contributed by atoms with E-state index in [2.05, 4.69) is 36.2 Å². The first kappa shape index (κ1) is 17.9. The summed E-state index contributed by atoms with van der Waals surface area (Å²) in [6, 6.07) is 0.413. The molecule has 2 rings (SSSR count). The van der Waals surface area contributed by atoms with E-state index in [0.29, 0.717) is 24.3 Å². The average molecular weight is 322 g/mol. The first-order chi connectivity index (χ1) is 11.0. The number of aromatic nitrogens is 2. The number of nitrogens with one attached hydrogen (secondary N) is 1. The Labute approximate surface area is 139 Å². The second-order valence-electron chi connectivity index (χ2n) is 6.61. The second-order valence-corrected chi connectivity index (χ2v) is 6.61. The zero-order valence-electron chi connectivity index (χ0n) is 14.8. The van der Waals surface area contributed by atoms with E-state index in [9.17, 15) is 4.79 Å². The Bertz CT molecular complexity index is 503. The minimum Gasteiger partial charge on any atom is -0.342 e. The van der Waals surface area contributed by atoms with Crippen molar-refractivity contribution in [2.24, 2.45) is 5.92 Å². The van der Waals surface area contributed by atoms with Crippen LogP contribution in [0.3, 0.4) is 0 Å². The van der Waals surface area contributed by atoms with Crippen LogP contribution in [0.15, 0.2) is 4.52 Å². The molecule has 1 amide bonds. The molecule has 0 bridgehead atoms. The van der Waals surface area contributed by atoms with Crippen LogP contribution in [0.5, 0.6) is 0 Å². The molecule has 6 heteroatoms. The van der Waals surface area contributed by atoms with Gasteiger partial charge < -0.3 is 14.7 Å². The summed E-state index contributed by atoms with van der Waals surface area (Å²) in [6.07, 6.45) is 4.64. The van der Waals surface area contributed by atoms with Crippen molar-refractivity contribution in [1.82, 2.24) is 20.4 Å². The molecule has 1 aromatic rings. The fourth-order valence-electron chi connectivity index (χ4n) is 3.12. The quantitative estimate of drug-likeness (QED) is 0.835. The van der Waals surface area contributed by atoms with Crippen LogP contribution in [0.2, 0.25) is 0 Å². The van der Waals surface area contributed by atoms with Gasteiger partial charge in [0.2, 0.25) is 11.8 Å². The van der Waals surface area contributed by atoms with Crippen molar-refractivity contribution in [3.05, 3.63) is 11.7 Å². The van der Waals surface area contributed by atoms with Gasteiger partial charge in [-0.05, 0) is 25.7 Å². The minimum atomic E-state index is 0.0405. The smallest absolute Gasteiger partial charge is 0.243 e. The van der Waals surface area contributed by atoms with E-state index in [-0.39, 0.29) is 11.9 Å². The number of nitrogens with zero attached hydrogens (tertiary/aromatic N) is 3. The van der Waals surface area contributed by atoms with E-state index in [4.69, 9.17) is 4.52 Å². The third-order valence-electron chi connectivity index (χ3n) is 4.63. The highest BCUT2D eigenvalue weighted by atomic mass is 16.5. The normalized spacial score (nSPS) is 23.0. The molecule has 0 aromatic carbocycles. The number of piperidine rings is 1. The molecular formula is C17H30N4O2. The van der Waals surface area contributed by atoms with Gasteiger partial charge in [-0.1, -0.05) is 32.3 Å². The molecule has 0 aliphatic carbocycles. The number of rotatable bonds is 7. The molecule has 1 N–H and O–H groups in total. The van der Waals surface area contributed by atoms with Gasteiger partial charge in [0.15, 0.2) is 5.82 Å². The zero-order valence-corrected chi connectivity index (χ0v) is 14.8. The summed E-state index contributed by atoms with van der Waals surface area (Å²) in [6.45, 7) is 9.98. The number of aryl methyl sites for hydroxylation is 1. The van der Waals surface area contributed by atoms with Gasteiger partial charge in [-0.3, -0.25) is 4.79 Å². The summed E-state index contributed by atoms with van der Waals surface area (Å²) in [5, 5.41) is 7.65. The number of likely N-dealkylation sites (tertiary alicyclic amines) is 1. The molecule has 0 radical (unpaired) electrons. The lowest BCUT2D eigenvalue weighted by molar-refractivity contribution is -0.132. The Kier molecular flexibility index (Phi) is 6.57. The summed E-state index contributed by atoms with van der Waals surface area (Å²) in [4.78, 5) is 18.3. The topological polar surface area (TPSA) is 71.3 Å². The third kappa shape index (κ3) is 4.77. The van der Waals surface area contributed by atoms with Gasteiger partial charge in [-0.15, -0.1) is 0 Å². The maximum absolute atomic E-state index is 11.8. The van der Waals surface area contributed by atoms with Crippen LogP contribution >= 0.6 is 0 Å². The summed E-state index contributed by atoms with van der Waals surface area (Å²) < 4.78 is 5.39. The molecule has 1 aromatic heterocycles. The fraction of sp³-hybridized carbons (Fsp3) is 0.824. The molecule has 1 aliphatic rings. The number of carbonyl (C=O) groups excluding carboxylic acids is 1. The van der Waals surface area contributed by atoms with Crippen molar-refractivity contribution in [3.8, 4) is 0 Å². The summed E-state index contributed by atoms with van der Waals surface area (Å²) in [5.41, 5.74) is 0. The van der Waals surface area contributed by atoms with Crippen LogP contribution in [0, 0.1) is 5.92 Å². The van der Waals surface area contributed by atoms with Gasteiger partial charge in [0.25, 0.3) is 0 Å². The number of unbranched alkanes of at least 4 members (excludes halogenated alkanes) is 1. The number of carbonyl (C=O) groups is 1. The first-order valence-corrected chi connectivity index (χ1v) is 8.91. The maximum Gasteiger partial charge on any atom is 0.243 e. The van der Waals surface area contributed by atoms with Crippen LogP contribution in [-0.4, -0.2) is 40.1 Å².